The minimum absolute atomic E-state index is 0.115. The Kier molecular flexibility index (Phi) is 6.92. The number of methoxy groups -OCH3 is 1. The molecule has 0 aromatic heterocycles. The Balaban J connectivity index is 1.91. The van der Waals surface area contributed by atoms with Gasteiger partial charge in [-0.3, -0.25) is 4.79 Å². The number of hydrogen-bond donors (Lipinski definition) is 1. The van der Waals surface area contributed by atoms with Crippen molar-refractivity contribution in [1.29, 1.82) is 0 Å². The second kappa shape index (κ2) is 9.78. The number of carboxylic acid groups (broad SMARTS) is 1. The van der Waals surface area contributed by atoms with E-state index in [1.807, 2.05) is 71.0 Å². The minimum Gasteiger partial charge on any atom is -0.497 e. The van der Waals surface area contributed by atoms with Crippen LogP contribution in [0.5, 0.6) is 5.75 Å². The van der Waals surface area contributed by atoms with Crippen molar-refractivity contribution in [3.05, 3.63) is 82.4 Å². The summed E-state index contributed by atoms with van der Waals surface area (Å²) in [4.78, 5) is 27.8. The van der Waals surface area contributed by atoms with Crippen LogP contribution in [0.1, 0.15) is 59.5 Å². The molecule has 0 unspecified atom stereocenters. The molecule has 0 saturated carbocycles. The average Bonchev–Trinajstić information content (AvgIpc) is 3.24. The molecular formula is C30H33NO5. The van der Waals surface area contributed by atoms with Crippen LogP contribution in [0.15, 0.2) is 54.6 Å². The number of carbonyl (C=O) groups is 2. The Morgan fingerprint density at radius 1 is 1.03 bits per heavy atom. The van der Waals surface area contributed by atoms with E-state index in [0.717, 1.165) is 33.5 Å². The Morgan fingerprint density at radius 3 is 2.33 bits per heavy atom. The standard InChI is InChI=1S/C30H33NO5/c1-18-10-12-20(13-11-18)26-23-14-15-31(28(32)21-8-7-9-22(17-21)35-6)24(23)16-19(2)25(26)27(29(33)34)36-30(3,4)5/h7-13,16-17,27H,14-15H2,1-6H3,(H,33,34)/t27-/m0/s1. The summed E-state index contributed by atoms with van der Waals surface area (Å²) in [7, 11) is 1.58. The molecule has 0 radical (unpaired) electrons. The molecule has 0 aliphatic carbocycles. The van der Waals surface area contributed by atoms with E-state index in [0.29, 0.717) is 29.8 Å². The van der Waals surface area contributed by atoms with Gasteiger partial charge in [-0.15, -0.1) is 0 Å². The second-order valence-corrected chi connectivity index (χ2v) is 10.2. The fourth-order valence-electron chi connectivity index (χ4n) is 4.79. The van der Waals surface area contributed by atoms with E-state index in [9.17, 15) is 14.7 Å². The van der Waals surface area contributed by atoms with Gasteiger partial charge >= 0.3 is 5.97 Å². The van der Waals surface area contributed by atoms with Gasteiger partial charge in [0.25, 0.3) is 5.91 Å². The van der Waals surface area contributed by atoms with Crippen LogP contribution in [0.4, 0.5) is 5.69 Å². The molecule has 1 N–H and O–H groups in total. The van der Waals surface area contributed by atoms with E-state index in [-0.39, 0.29) is 5.91 Å². The fourth-order valence-corrected chi connectivity index (χ4v) is 4.79. The quantitative estimate of drug-likeness (QED) is 0.453. The number of nitrogens with zero attached hydrogens (tertiary/aromatic N) is 1. The van der Waals surface area contributed by atoms with Crippen LogP contribution in [0.3, 0.4) is 0 Å². The first-order chi connectivity index (χ1) is 17.0. The van der Waals surface area contributed by atoms with Crippen LogP contribution < -0.4 is 9.64 Å². The zero-order chi connectivity index (χ0) is 26.2. The maximum atomic E-state index is 13.5. The fraction of sp³-hybridized carbons (Fsp3) is 0.333. The van der Waals surface area contributed by atoms with E-state index < -0.39 is 17.7 Å². The van der Waals surface area contributed by atoms with E-state index in [4.69, 9.17) is 9.47 Å². The van der Waals surface area contributed by atoms with Gasteiger partial charge in [0, 0.05) is 23.4 Å². The molecule has 6 heteroatoms. The van der Waals surface area contributed by atoms with Crippen molar-refractivity contribution >= 4 is 17.6 Å². The van der Waals surface area contributed by atoms with Gasteiger partial charge in [-0.2, -0.15) is 0 Å². The lowest BCUT2D eigenvalue weighted by molar-refractivity contribution is -0.160. The summed E-state index contributed by atoms with van der Waals surface area (Å²) >= 11 is 0. The number of aliphatic carboxylic acids is 1. The molecule has 0 spiro atoms. The molecule has 4 rings (SSSR count). The summed E-state index contributed by atoms with van der Waals surface area (Å²) in [6.45, 7) is 9.97. The third-order valence-electron chi connectivity index (χ3n) is 6.39. The lowest BCUT2D eigenvalue weighted by Gasteiger charge is -2.29. The molecule has 0 bridgehead atoms. The van der Waals surface area contributed by atoms with Crippen molar-refractivity contribution in [3.63, 3.8) is 0 Å². The van der Waals surface area contributed by atoms with Crippen molar-refractivity contribution in [2.75, 3.05) is 18.6 Å². The Bertz CT molecular complexity index is 1300. The monoisotopic (exact) mass is 487 g/mol. The van der Waals surface area contributed by atoms with Crippen molar-refractivity contribution in [2.24, 2.45) is 0 Å². The third kappa shape index (κ3) is 5.00. The number of ether oxygens (including phenoxy) is 2. The summed E-state index contributed by atoms with van der Waals surface area (Å²) in [6.07, 6.45) is -0.529. The zero-order valence-corrected chi connectivity index (χ0v) is 21.7. The maximum absolute atomic E-state index is 13.5. The first-order valence-corrected chi connectivity index (χ1v) is 12.1. The van der Waals surface area contributed by atoms with E-state index in [1.165, 1.54) is 0 Å². The molecule has 6 nitrogen and oxygen atoms in total. The number of rotatable bonds is 6. The number of hydrogen-bond acceptors (Lipinski definition) is 4. The largest absolute Gasteiger partial charge is 0.497 e. The minimum atomic E-state index is -1.14. The van der Waals surface area contributed by atoms with Crippen LogP contribution in [0.25, 0.3) is 11.1 Å². The molecule has 1 aliphatic heterocycles. The average molecular weight is 488 g/mol. The highest BCUT2D eigenvalue weighted by molar-refractivity contribution is 6.08. The normalized spacial score (nSPS) is 13.9. The lowest BCUT2D eigenvalue weighted by Crippen LogP contribution is -2.29. The summed E-state index contributed by atoms with van der Waals surface area (Å²) in [6, 6.07) is 17.1. The molecule has 188 valence electrons. The molecule has 3 aromatic carbocycles. The summed E-state index contributed by atoms with van der Waals surface area (Å²) in [5.41, 5.74) is 5.91. The molecule has 1 atom stereocenters. The van der Waals surface area contributed by atoms with Crippen molar-refractivity contribution in [1.82, 2.24) is 0 Å². The summed E-state index contributed by atoms with van der Waals surface area (Å²) in [5, 5.41) is 10.2. The number of amides is 1. The van der Waals surface area contributed by atoms with Gasteiger partial charge in [-0.1, -0.05) is 35.9 Å². The molecule has 1 heterocycles. The molecule has 3 aromatic rings. The molecular weight excluding hydrogens is 454 g/mol. The number of benzene rings is 3. The van der Waals surface area contributed by atoms with Gasteiger partial charge in [0.15, 0.2) is 6.10 Å². The van der Waals surface area contributed by atoms with Crippen LogP contribution in [0.2, 0.25) is 0 Å². The van der Waals surface area contributed by atoms with E-state index in [2.05, 4.69) is 0 Å². The Labute approximate surface area is 212 Å². The number of aryl methyl sites for hydroxylation is 2. The summed E-state index contributed by atoms with van der Waals surface area (Å²) in [5.74, 6) is -0.533. The highest BCUT2D eigenvalue weighted by Crippen LogP contribution is 2.45. The van der Waals surface area contributed by atoms with E-state index in [1.54, 1.807) is 30.2 Å². The van der Waals surface area contributed by atoms with Crippen LogP contribution in [0, 0.1) is 13.8 Å². The molecule has 0 fully saturated rings. The smallest absolute Gasteiger partial charge is 0.337 e. The second-order valence-electron chi connectivity index (χ2n) is 10.2. The van der Waals surface area contributed by atoms with Crippen LogP contribution >= 0.6 is 0 Å². The maximum Gasteiger partial charge on any atom is 0.337 e. The van der Waals surface area contributed by atoms with Gasteiger partial charge in [-0.25, -0.2) is 4.79 Å². The molecule has 1 amide bonds. The van der Waals surface area contributed by atoms with Gasteiger partial charge < -0.3 is 19.5 Å². The lowest BCUT2D eigenvalue weighted by atomic mass is 9.86. The molecule has 0 saturated heterocycles. The van der Waals surface area contributed by atoms with E-state index >= 15 is 0 Å². The number of carboxylic acids is 1. The third-order valence-corrected chi connectivity index (χ3v) is 6.39. The van der Waals surface area contributed by atoms with Crippen molar-refractivity contribution in [3.8, 4) is 16.9 Å². The van der Waals surface area contributed by atoms with Crippen molar-refractivity contribution in [2.45, 2.75) is 52.7 Å². The van der Waals surface area contributed by atoms with Gasteiger partial charge in [0.1, 0.15) is 5.75 Å². The SMILES string of the molecule is COc1cccc(C(=O)N2CCc3c2cc(C)c([C@H](OC(C)(C)C)C(=O)O)c3-c2ccc(C)cc2)c1. The van der Waals surface area contributed by atoms with Crippen molar-refractivity contribution < 1.29 is 24.2 Å². The Morgan fingerprint density at radius 2 is 1.72 bits per heavy atom. The molecule has 36 heavy (non-hydrogen) atoms. The van der Waals surface area contributed by atoms with Gasteiger partial charge in [-0.05, 0) is 87.6 Å². The predicted octanol–water partition coefficient (Wildman–Crippen LogP) is 6.12. The first kappa shape index (κ1) is 25.5. The topological polar surface area (TPSA) is 76.1 Å². The van der Waals surface area contributed by atoms with Crippen LogP contribution in [-0.2, 0) is 16.0 Å². The number of carbonyl (C=O) groups excluding carboxylic acids is 1. The van der Waals surface area contributed by atoms with Crippen LogP contribution in [-0.4, -0.2) is 36.2 Å². The highest BCUT2D eigenvalue weighted by Gasteiger charge is 2.36. The number of fused-ring (bicyclic) bond motifs is 1. The first-order valence-electron chi connectivity index (χ1n) is 12.1. The highest BCUT2D eigenvalue weighted by atomic mass is 16.5. The van der Waals surface area contributed by atoms with Gasteiger partial charge in [0.05, 0.1) is 12.7 Å². The number of anilines is 1. The summed E-state index contributed by atoms with van der Waals surface area (Å²) < 4.78 is 11.4. The Hall–Kier alpha value is -3.64. The molecule has 1 aliphatic rings. The zero-order valence-electron chi connectivity index (χ0n) is 21.7. The van der Waals surface area contributed by atoms with Gasteiger partial charge in [0.2, 0.25) is 0 Å². The predicted molar refractivity (Wildman–Crippen MR) is 141 cm³/mol.